The zero-order valence-corrected chi connectivity index (χ0v) is 21.0. The number of benzene rings is 2. The van der Waals surface area contributed by atoms with Crippen LogP contribution in [-0.4, -0.2) is 10.9 Å². The van der Waals surface area contributed by atoms with Crippen LogP contribution in [0.15, 0.2) is 30.3 Å². The van der Waals surface area contributed by atoms with Crippen molar-refractivity contribution in [2.45, 2.75) is 6.10 Å². The first-order valence-electron chi connectivity index (χ1n) is 5.65. The molecule has 2 aromatic carbocycles. The molecule has 1 N–H and O–H groups in total. The zero-order valence-electron chi connectivity index (χ0n) is 10.2. The van der Waals surface area contributed by atoms with E-state index in [0.717, 1.165) is 17.9 Å². The molecule has 110 valence electrons. The summed E-state index contributed by atoms with van der Waals surface area (Å²) in [4.78, 5) is 12.7. The molecule has 1 atom stereocenters. The van der Waals surface area contributed by atoms with Gasteiger partial charge in [-0.1, -0.05) is 30.3 Å². The van der Waals surface area contributed by atoms with Crippen molar-refractivity contribution in [1.82, 2.24) is 0 Å². The molecule has 2 rings (SSSR count). The van der Waals surface area contributed by atoms with Gasteiger partial charge in [0.1, 0.15) is 6.10 Å². The molecule has 0 heterocycles. The summed E-state index contributed by atoms with van der Waals surface area (Å²) in [5.41, 5.74) is 1.24. The Morgan fingerprint density at radius 1 is 0.810 bits per heavy atom. The summed E-state index contributed by atoms with van der Waals surface area (Å²) < 4.78 is 5.07. The topological polar surface area (TPSA) is 37.3 Å². The van der Waals surface area contributed by atoms with E-state index in [2.05, 4.69) is 113 Å². The summed E-state index contributed by atoms with van der Waals surface area (Å²) in [6.45, 7) is 0. The normalized spacial score (nSPS) is 12.3. The number of rotatable bonds is 3. The summed E-state index contributed by atoms with van der Waals surface area (Å²) in [5.74, 6) is -0.248. The average molecular weight is 842 g/mol. The highest BCUT2D eigenvalue weighted by Crippen LogP contribution is 2.35. The van der Waals surface area contributed by atoms with Crippen molar-refractivity contribution in [3.63, 3.8) is 0 Å². The number of ketones is 1. The van der Waals surface area contributed by atoms with Crippen LogP contribution in [0.25, 0.3) is 0 Å². The van der Waals surface area contributed by atoms with Gasteiger partial charge in [0.25, 0.3) is 0 Å². The Bertz CT molecular complexity index is 671. The molecule has 0 aliphatic carbocycles. The lowest BCUT2D eigenvalue weighted by atomic mass is 10.0. The Morgan fingerprint density at radius 3 is 1.71 bits per heavy atom. The molecule has 0 spiro atoms. The molecule has 0 saturated carbocycles. The minimum absolute atomic E-state index is 0.248. The Balaban J connectivity index is 2.55. The lowest BCUT2D eigenvalue weighted by Gasteiger charge is -2.16. The molecule has 21 heavy (non-hydrogen) atoms. The Labute approximate surface area is 190 Å². The quantitative estimate of drug-likeness (QED) is 0.189. The molecule has 0 saturated heterocycles. The van der Waals surface area contributed by atoms with E-state index in [1.165, 1.54) is 0 Å². The standard InChI is InChI=1S/C14H7I5O2/c15-8-7(9(16)11(18)12(19)10(8)17)14(21)13(20)6-4-2-1-3-5-6/h1-5,13,20H. The van der Waals surface area contributed by atoms with Crippen LogP contribution in [0.1, 0.15) is 22.0 Å². The maximum absolute atomic E-state index is 12.7. The smallest absolute Gasteiger partial charge is 0.198 e. The summed E-state index contributed by atoms with van der Waals surface area (Å²) in [6, 6.07) is 9.05. The van der Waals surface area contributed by atoms with Gasteiger partial charge in [-0.05, 0) is 119 Å². The summed E-state index contributed by atoms with van der Waals surface area (Å²) in [6.07, 6.45) is -1.13. The van der Waals surface area contributed by atoms with Gasteiger partial charge in [0.05, 0.1) is 0 Å². The van der Waals surface area contributed by atoms with Crippen LogP contribution in [0.2, 0.25) is 0 Å². The average Bonchev–Trinajstić information content (AvgIpc) is 2.51. The third kappa shape index (κ3) is 4.04. The summed E-state index contributed by atoms with van der Waals surface area (Å²) in [5, 5.41) is 10.4. The maximum atomic E-state index is 12.7. The van der Waals surface area contributed by atoms with Gasteiger partial charge in [-0.2, -0.15) is 0 Å². The van der Waals surface area contributed by atoms with Gasteiger partial charge in [-0.25, -0.2) is 0 Å². The van der Waals surface area contributed by atoms with Gasteiger partial charge in [-0.15, -0.1) is 0 Å². The van der Waals surface area contributed by atoms with E-state index in [0.29, 0.717) is 11.1 Å². The lowest BCUT2D eigenvalue weighted by Crippen LogP contribution is -2.17. The Morgan fingerprint density at radius 2 is 1.24 bits per heavy atom. The van der Waals surface area contributed by atoms with Gasteiger partial charge in [-0.3, -0.25) is 4.79 Å². The number of carbonyl (C=O) groups excluding carboxylic acids is 1. The van der Waals surface area contributed by atoms with Gasteiger partial charge < -0.3 is 5.11 Å². The molecule has 2 aromatic rings. The second kappa shape index (κ2) is 8.20. The fraction of sp³-hybridized carbons (Fsp3) is 0.0714. The first-order valence-corrected chi connectivity index (χ1v) is 11.0. The number of aliphatic hydroxyl groups excluding tert-OH is 1. The minimum atomic E-state index is -1.13. The first kappa shape index (κ1) is 19.1. The highest BCUT2D eigenvalue weighted by molar-refractivity contribution is 14.1. The number of hydrogen-bond acceptors (Lipinski definition) is 2. The highest BCUT2D eigenvalue weighted by atomic mass is 127. The summed E-state index contributed by atoms with van der Waals surface area (Å²) >= 11 is 11.2. The third-order valence-electron chi connectivity index (χ3n) is 2.82. The Kier molecular flexibility index (Phi) is 7.44. The van der Waals surface area contributed by atoms with E-state index in [1.807, 2.05) is 18.2 Å². The van der Waals surface area contributed by atoms with Gasteiger partial charge in [0.15, 0.2) is 5.78 Å². The first-order chi connectivity index (χ1) is 9.86. The monoisotopic (exact) mass is 842 g/mol. The van der Waals surface area contributed by atoms with Crippen LogP contribution in [0, 0.1) is 17.9 Å². The lowest BCUT2D eigenvalue weighted by molar-refractivity contribution is 0.0745. The zero-order chi connectivity index (χ0) is 15.7. The van der Waals surface area contributed by atoms with Crippen molar-refractivity contribution >= 4 is 119 Å². The molecular weight excluding hydrogens is 835 g/mol. The minimum Gasteiger partial charge on any atom is -0.380 e. The fourth-order valence-electron chi connectivity index (χ4n) is 1.74. The van der Waals surface area contributed by atoms with Gasteiger partial charge in [0, 0.05) is 23.4 Å². The molecule has 0 amide bonds. The predicted molar refractivity (Wildman–Crippen MR) is 126 cm³/mol. The molecule has 7 heteroatoms. The molecule has 0 aliphatic rings. The molecule has 0 fully saturated rings. The van der Waals surface area contributed by atoms with E-state index >= 15 is 0 Å². The fourth-order valence-corrected chi connectivity index (χ4v) is 7.04. The molecule has 0 aliphatic heterocycles. The highest BCUT2D eigenvalue weighted by Gasteiger charge is 2.27. The number of halogens is 5. The van der Waals surface area contributed by atoms with Crippen LogP contribution >= 0.6 is 113 Å². The van der Waals surface area contributed by atoms with Crippen molar-refractivity contribution in [2.75, 3.05) is 0 Å². The van der Waals surface area contributed by atoms with E-state index in [9.17, 15) is 9.90 Å². The molecule has 1 unspecified atom stereocenters. The van der Waals surface area contributed by atoms with E-state index in [1.54, 1.807) is 12.1 Å². The van der Waals surface area contributed by atoms with Crippen LogP contribution < -0.4 is 0 Å². The molecule has 0 bridgehead atoms. The van der Waals surface area contributed by atoms with Gasteiger partial charge >= 0.3 is 0 Å². The van der Waals surface area contributed by atoms with Crippen molar-refractivity contribution in [3.8, 4) is 0 Å². The maximum Gasteiger partial charge on any atom is 0.198 e. The van der Waals surface area contributed by atoms with Crippen LogP contribution in [0.5, 0.6) is 0 Å². The van der Waals surface area contributed by atoms with E-state index in [4.69, 9.17) is 0 Å². The second-order valence-corrected chi connectivity index (χ2v) is 9.52. The number of hydrogen-bond donors (Lipinski definition) is 1. The number of Topliss-reactive ketones (excluding diaryl/α,β-unsaturated/α-hetero) is 1. The van der Waals surface area contributed by atoms with Crippen molar-refractivity contribution < 1.29 is 9.90 Å². The Hall–Kier alpha value is 1.72. The summed E-state index contributed by atoms with van der Waals surface area (Å²) in [7, 11) is 0. The predicted octanol–water partition coefficient (Wildman–Crippen LogP) is 5.63. The van der Waals surface area contributed by atoms with Crippen molar-refractivity contribution in [1.29, 1.82) is 0 Å². The molecule has 0 radical (unpaired) electrons. The van der Waals surface area contributed by atoms with Crippen molar-refractivity contribution in [2.24, 2.45) is 0 Å². The SMILES string of the molecule is O=C(c1c(I)c(I)c(I)c(I)c1I)C(O)c1ccccc1. The van der Waals surface area contributed by atoms with E-state index < -0.39 is 6.10 Å². The van der Waals surface area contributed by atoms with E-state index in [-0.39, 0.29) is 5.78 Å². The van der Waals surface area contributed by atoms with Gasteiger partial charge in [0.2, 0.25) is 0 Å². The van der Waals surface area contributed by atoms with Crippen LogP contribution in [0.3, 0.4) is 0 Å². The van der Waals surface area contributed by atoms with Crippen LogP contribution in [-0.2, 0) is 0 Å². The molecular formula is C14H7I5O2. The molecule has 0 aromatic heterocycles. The van der Waals surface area contributed by atoms with Crippen LogP contribution in [0.4, 0.5) is 0 Å². The number of aliphatic hydroxyl groups is 1. The number of carbonyl (C=O) groups is 1. The largest absolute Gasteiger partial charge is 0.380 e. The molecule has 2 nitrogen and oxygen atoms in total. The second-order valence-electron chi connectivity index (χ2n) is 4.12. The third-order valence-corrected chi connectivity index (χ3v) is 12.3. The van der Waals surface area contributed by atoms with Crippen molar-refractivity contribution in [3.05, 3.63) is 59.3 Å².